The first-order valence-corrected chi connectivity index (χ1v) is 6.16. The zero-order valence-electron chi connectivity index (χ0n) is 10.7. The van der Waals surface area contributed by atoms with Crippen molar-refractivity contribution in [2.24, 2.45) is 13.0 Å². The van der Waals surface area contributed by atoms with Gasteiger partial charge in [-0.3, -0.25) is 9.59 Å². The predicted octanol–water partition coefficient (Wildman–Crippen LogP) is 1.35. The van der Waals surface area contributed by atoms with Crippen LogP contribution in [0.4, 0.5) is 0 Å². The van der Waals surface area contributed by atoms with E-state index in [2.05, 4.69) is 0 Å². The van der Waals surface area contributed by atoms with Crippen molar-refractivity contribution in [2.75, 3.05) is 6.54 Å². The summed E-state index contributed by atoms with van der Waals surface area (Å²) in [7, 11) is 1.82. The number of hydrogen-bond donors (Lipinski definition) is 1. The molecule has 0 saturated heterocycles. The standard InChI is InChI=1S/C13H18N2O3/c1-9(13(17)18)8-15(10-5-6-10)12(16)11-4-3-7-14(11)2/h3-4,7,9-10H,5-6,8H2,1-2H3,(H,17,18)/t9-/m0/s1. The van der Waals surface area contributed by atoms with Crippen LogP contribution in [0, 0.1) is 5.92 Å². The number of amides is 1. The fourth-order valence-electron chi connectivity index (χ4n) is 1.99. The molecule has 1 fully saturated rings. The third-order valence-electron chi connectivity index (χ3n) is 3.30. The van der Waals surface area contributed by atoms with Gasteiger partial charge in [0.15, 0.2) is 0 Å². The van der Waals surface area contributed by atoms with E-state index in [9.17, 15) is 9.59 Å². The quantitative estimate of drug-likeness (QED) is 0.858. The number of aromatic nitrogens is 1. The second-order valence-electron chi connectivity index (χ2n) is 4.93. The molecule has 0 radical (unpaired) electrons. The van der Waals surface area contributed by atoms with Crippen LogP contribution in [0.2, 0.25) is 0 Å². The van der Waals surface area contributed by atoms with Gasteiger partial charge in [0.1, 0.15) is 5.69 Å². The first kappa shape index (κ1) is 12.7. The van der Waals surface area contributed by atoms with E-state index in [1.165, 1.54) is 0 Å². The van der Waals surface area contributed by atoms with Crippen LogP contribution < -0.4 is 0 Å². The molecule has 2 rings (SSSR count). The van der Waals surface area contributed by atoms with E-state index >= 15 is 0 Å². The van der Waals surface area contributed by atoms with Gasteiger partial charge < -0.3 is 14.6 Å². The molecule has 0 aliphatic heterocycles. The summed E-state index contributed by atoms with van der Waals surface area (Å²) in [6, 6.07) is 3.80. The van der Waals surface area contributed by atoms with Crippen molar-refractivity contribution in [2.45, 2.75) is 25.8 Å². The van der Waals surface area contributed by atoms with Gasteiger partial charge in [-0.1, -0.05) is 6.92 Å². The number of carboxylic acids is 1. The smallest absolute Gasteiger partial charge is 0.308 e. The number of rotatable bonds is 5. The van der Waals surface area contributed by atoms with Crippen molar-refractivity contribution in [3.63, 3.8) is 0 Å². The molecule has 1 amide bonds. The zero-order chi connectivity index (χ0) is 13.3. The molecule has 0 bridgehead atoms. The van der Waals surface area contributed by atoms with Crippen LogP contribution in [0.1, 0.15) is 30.3 Å². The molecule has 98 valence electrons. The molecule has 18 heavy (non-hydrogen) atoms. The average molecular weight is 250 g/mol. The predicted molar refractivity (Wildman–Crippen MR) is 66.3 cm³/mol. The van der Waals surface area contributed by atoms with Crippen molar-refractivity contribution in [1.82, 2.24) is 9.47 Å². The van der Waals surface area contributed by atoms with Crippen LogP contribution in [-0.2, 0) is 11.8 Å². The van der Waals surface area contributed by atoms with E-state index in [-0.39, 0.29) is 18.5 Å². The first-order valence-electron chi connectivity index (χ1n) is 6.16. The molecule has 1 heterocycles. The fraction of sp³-hybridized carbons (Fsp3) is 0.538. The summed E-state index contributed by atoms with van der Waals surface area (Å²) in [5, 5.41) is 8.96. The fourth-order valence-corrected chi connectivity index (χ4v) is 1.99. The van der Waals surface area contributed by atoms with Gasteiger partial charge >= 0.3 is 5.97 Å². The van der Waals surface area contributed by atoms with Crippen LogP contribution in [0.3, 0.4) is 0 Å². The van der Waals surface area contributed by atoms with E-state index in [4.69, 9.17) is 5.11 Å². The maximum atomic E-state index is 12.4. The Labute approximate surface area is 106 Å². The van der Waals surface area contributed by atoms with E-state index in [0.717, 1.165) is 12.8 Å². The first-order chi connectivity index (χ1) is 8.50. The summed E-state index contributed by atoms with van der Waals surface area (Å²) in [6.45, 7) is 1.92. The maximum absolute atomic E-state index is 12.4. The molecule has 5 heteroatoms. The van der Waals surface area contributed by atoms with Gasteiger partial charge in [0.25, 0.3) is 5.91 Å². The second kappa shape index (κ2) is 4.84. The normalized spacial score (nSPS) is 16.3. The second-order valence-corrected chi connectivity index (χ2v) is 4.93. The van der Waals surface area contributed by atoms with Crippen molar-refractivity contribution < 1.29 is 14.7 Å². The van der Waals surface area contributed by atoms with Gasteiger partial charge in [-0.05, 0) is 25.0 Å². The van der Waals surface area contributed by atoms with E-state index in [1.807, 2.05) is 19.3 Å². The minimum Gasteiger partial charge on any atom is -0.481 e. The molecule has 1 aliphatic carbocycles. The third-order valence-corrected chi connectivity index (χ3v) is 3.30. The number of carboxylic acid groups (broad SMARTS) is 1. The van der Waals surface area contributed by atoms with E-state index in [0.29, 0.717) is 5.69 Å². The molecular weight excluding hydrogens is 232 g/mol. The number of carbonyl (C=O) groups is 2. The number of aliphatic carboxylic acids is 1. The molecule has 5 nitrogen and oxygen atoms in total. The molecule has 1 aromatic heterocycles. The Morgan fingerprint density at radius 2 is 2.22 bits per heavy atom. The average Bonchev–Trinajstić information content (AvgIpc) is 3.07. The van der Waals surface area contributed by atoms with Crippen molar-refractivity contribution >= 4 is 11.9 Å². The SMILES string of the molecule is C[C@@H](CN(C(=O)c1cccn1C)C1CC1)C(=O)O. The Morgan fingerprint density at radius 1 is 1.56 bits per heavy atom. The Morgan fingerprint density at radius 3 is 2.67 bits per heavy atom. The summed E-state index contributed by atoms with van der Waals surface area (Å²) in [5.74, 6) is -1.46. The van der Waals surface area contributed by atoms with Crippen molar-refractivity contribution in [1.29, 1.82) is 0 Å². The maximum Gasteiger partial charge on any atom is 0.308 e. The minimum atomic E-state index is -0.861. The highest BCUT2D eigenvalue weighted by atomic mass is 16.4. The zero-order valence-corrected chi connectivity index (χ0v) is 10.7. The van der Waals surface area contributed by atoms with Crippen LogP contribution >= 0.6 is 0 Å². The molecular formula is C13H18N2O3. The van der Waals surface area contributed by atoms with Crippen molar-refractivity contribution in [3.8, 4) is 0 Å². The van der Waals surface area contributed by atoms with Crippen LogP contribution in [0.25, 0.3) is 0 Å². The van der Waals surface area contributed by atoms with Crippen LogP contribution in [-0.4, -0.2) is 39.0 Å². The highest BCUT2D eigenvalue weighted by molar-refractivity contribution is 5.93. The Balaban J connectivity index is 2.13. The summed E-state index contributed by atoms with van der Waals surface area (Å²) in [6.07, 6.45) is 3.77. The monoisotopic (exact) mass is 250 g/mol. The summed E-state index contributed by atoms with van der Waals surface area (Å²) in [4.78, 5) is 25.0. The lowest BCUT2D eigenvalue weighted by molar-refractivity contribution is -0.141. The van der Waals surface area contributed by atoms with Gasteiger partial charge in [-0.15, -0.1) is 0 Å². The third kappa shape index (κ3) is 2.55. The van der Waals surface area contributed by atoms with E-state index in [1.54, 1.807) is 22.5 Å². The number of hydrogen-bond acceptors (Lipinski definition) is 2. The molecule has 1 saturated carbocycles. The molecule has 0 aromatic carbocycles. The van der Waals surface area contributed by atoms with Crippen LogP contribution in [0.5, 0.6) is 0 Å². The lowest BCUT2D eigenvalue weighted by Crippen LogP contribution is -2.39. The molecule has 0 unspecified atom stereocenters. The van der Waals surface area contributed by atoms with Crippen molar-refractivity contribution in [3.05, 3.63) is 24.0 Å². The molecule has 1 aromatic rings. The number of nitrogens with zero attached hydrogens (tertiary/aromatic N) is 2. The Hall–Kier alpha value is -1.78. The highest BCUT2D eigenvalue weighted by Crippen LogP contribution is 2.29. The summed E-state index contributed by atoms with van der Waals surface area (Å²) < 4.78 is 1.77. The minimum absolute atomic E-state index is 0.0712. The highest BCUT2D eigenvalue weighted by Gasteiger charge is 2.35. The van der Waals surface area contributed by atoms with Gasteiger partial charge in [-0.25, -0.2) is 0 Å². The number of aryl methyl sites for hydroxylation is 1. The Bertz CT molecular complexity index is 463. The molecule has 0 spiro atoms. The van der Waals surface area contributed by atoms with Gasteiger partial charge in [-0.2, -0.15) is 0 Å². The van der Waals surface area contributed by atoms with Gasteiger partial charge in [0.05, 0.1) is 5.92 Å². The molecule has 1 atom stereocenters. The lowest BCUT2D eigenvalue weighted by atomic mass is 10.1. The van der Waals surface area contributed by atoms with Crippen LogP contribution in [0.15, 0.2) is 18.3 Å². The van der Waals surface area contributed by atoms with Gasteiger partial charge in [0, 0.05) is 25.8 Å². The summed E-state index contributed by atoms with van der Waals surface area (Å²) >= 11 is 0. The van der Waals surface area contributed by atoms with Gasteiger partial charge in [0.2, 0.25) is 0 Å². The summed E-state index contributed by atoms with van der Waals surface area (Å²) in [5.41, 5.74) is 0.611. The largest absolute Gasteiger partial charge is 0.481 e. The Kier molecular flexibility index (Phi) is 3.41. The molecule has 1 N–H and O–H groups in total. The number of carbonyl (C=O) groups excluding carboxylic acids is 1. The lowest BCUT2D eigenvalue weighted by Gasteiger charge is -2.24. The van der Waals surface area contributed by atoms with E-state index < -0.39 is 11.9 Å². The topological polar surface area (TPSA) is 62.5 Å². The molecule has 1 aliphatic rings.